The van der Waals surface area contributed by atoms with Crippen LogP contribution in [0.4, 0.5) is 8.78 Å². The average molecular weight is 346 g/mol. The highest BCUT2D eigenvalue weighted by molar-refractivity contribution is 7.90. The molecule has 2 atom stereocenters. The summed E-state index contributed by atoms with van der Waals surface area (Å²) in [5, 5.41) is 6.05. The quantitative estimate of drug-likeness (QED) is 0.862. The molecule has 0 saturated carbocycles. The standard InChI is InChI=1S/C14H16F2N2O4S/c1-8(7-23(2,20)21)17-14(19)12-6-11(18-22-12)13-9(15)4-3-5-10(13)16/h3-5,8,12H,6-7H2,1-2H3,(H,17,19)/t8-,12-/m0/s1. The second-order valence-electron chi connectivity index (χ2n) is 5.43. The molecule has 23 heavy (non-hydrogen) atoms. The molecule has 0 spiro atoms. The van der Waals surface area contributed by atoms with Crippen molar-refractivity contribution < 1.29 is 26.8 Å². The highest BCUT2D eigenvalue weighted by atomic mass is 32.2. The van der Waals surface area contributed by atoms with Crippen LogP contribution in [-0.2, 0) is 19.5 Å². The van der Waals surface area contributed by atoms with E-state index in [1.165, 1.54) is 13.0 Å². The smallest absolute Gasteiger partial charge is 0.264 e. The molecule has 1 aromatic rings. The minimum absolute atomic E-state index is 0.00323. The van der Waals surface area contributed by atoms with Crippen molar-refractivity contribution in [2.75, 3.05) is 12.0 Å². The summed E-state index contributed by atoms with van der Waals surface area (Å²) < 4.78 is 49.7. The molecule has 1 heterocycles. The van der Waals surface area contributed by atoms with Crippen LogP contribution in [0.5, 0.6) is 0 Å². The number of rotatable bonds is 5. The van der Waals surface area contributed by atoms with E-state index in [9.17, 15) is 22.0 Å². The number of halogens is 2. The first-order valence-electron chi connectivity index (χ1n) is 6.82. The Hall–Kier alpha value is -2.03. The molecule has 1 amide bonds. The minimum Gasteiger partial charge on any atom is -0.382 e. The normalized spacial score (nSPS) is 19.0. The van der Waals surface area contributed by atoms with Crippen LogP contribution in [-0.4, -0.2) is 44.2 Å². The Kier molecular flexibility index (Phi) is 4.98. The van der Waals surface area contributed by atoms with Gasteiger partial charge in [-0.15, -0.1) is 0 Å². The van der Waals surface area contributed by atoms with E-state index in [4.69, 9.17) is 4.84 Å². The Morgan fingerprint density at radius 1 is 1.43 bits per heavy atom. The van der Waals surface area contributed by atoms with Gasteiger partial charge in [0.1, 0.15) is 21.5 Å². The molecule has 1 aliphatic heterocycles. The lowest BCUT2D eigenvalue weighted by molar-refractivity contribution is -0.131. The molecule has 0 unspecified atom stereocenters. The van der Waals surface area contributed by atoms with Crippen LogP contribution >= 0.6 is 0 Å². The lowest BCUT2D eigenvalue weighted by atomic mass is 10.0. The maximum absolute atomic E-state index is 13.7. The van der Waals surface area contributed by atoms with Crippen molar-refractivity contribution >= 4 is 21.5 Å². The molecule has 2 rings (SSSR count). The fourth-order valence-corrected chi connectivity index (χ4v) is 3.26. The molecule has 0 fully saturated rings. The molecule has 6 nitrogen and oxygen atoms in total. The first-order chi connectivity index (χ1) is 10.7. The number of carbonyl (C=O) groups excluding carboxylic acids is 1. The number of benzene rings is 1. The highest BCUT2D eigenvalue weighted by Crippen LogP contribution is 2.21. The molecular weight excluding hydrogens is 330 g/mol. The zero-order chi connectivity index (χ0) is 17.2. The van der Waals surface area contributed by atoms with E-state index in [1.54, 1.807) is 0 Å². The monoisotopic (exact) mass is 346 g/mol. The predicted octanol–water partition coefficient (Wildman–Crippen LogP) is 1.01. The van der Waals surface area contributed by atoms with Gasteiger partial charge in [0, 0.05) is 18.7 Å². The largest absolute Gasteiger partial charge is 0.382 e. The van der Waals surface area contributed by atoms with E-state index in [-0.39, 0.29) is 23.4 Å². The number of carbonyl (C=O) groups is 1. The maximum Gasteiger partial charge on any atom is 0.264 e. The second kappa shape index (κ2) is 6.61. The topological polar surface area (TPSA) is 84.8 Å². The van der Waals surface area contributed by atoms with Crippen molar-refractivity contribution in [1.29, 1.82) is 0 Å². The van der Waals surface area contributed by atoms with Gasteiger partial charge in [0.25, 0.3) is 5.91 Å². The fraction of sp³-hybridized carbons (Fsp3) is 0.429. The van der Waals surface area contributed by atoms with Crippen molar-refractivity contribution in [2.45, 2.75) is 25.5 Å². The van der Waals surface area contributed by atoms with Crippen LogP contribution in [0.25, 0.3) is 0 Å². The van der Waals surface area contributed by atoms with Crippen molar-refractivity contribution in [3.05, 3.63) is 35.4 Å². The Labute approximate surface area is 132 Å². The number of sulfone groups is 1. The summed E-state index contributed by atoms with van der Waals surface area (Å²) >= 11 is 0. The molecule has 0 aliphatic carbocycles. The van der Waals surface area contributed by atoms with Gasteiger partial charge in [-0.3, -0.25) is 4.79 Å². The van der Waals surface area contributed by atoms with E-state index in [0.29, 0.717) is 0 Å². The first kappa shape index (κ1) is 17.3. The van der Waals surface area contributed by atoms with Crippen molar-refractivity contribution in [1.82, 2.24) is 5.32 Å². The number of nitrogens with zero attached hydrogens (tertiary/aromatic N) is 1. The number of nitrogens with one attached hydrogen (secondary N) is 1. The first-order valence-corrected chi connectivity index (χ1v) is 8.88. The maximum atomic E-state index is 13.7. The van der Waals surface area contributed by atoms with Crippen LogP contribution < -0.4 is 5.32 Å². The third-order valence-electron chi connectivity index (χ3n) is 3.15. The Bertz CT molecular complexity index is 729. The van der Waals surface area contributed by atoms with Gasteiger partial charge in [0.05, 0.1) is 17.0 Å². The summed E-state index contributed by atoms with van der Waals surface area (Å²) in [6.07, 6.45) is -0.0925. The SMILES string of the molecule is C[C@@H](CS(C)(=O)=O)NC(=O)[C@@H]1CC(c2c(F)cccc2F)=NO1. The summed E-state index contributed by atoms with van der Waals surface area (Å²) in [4.78, 5) is 16.9. The van der Waals surface area contributed by atoms with Crippen LogP contribution in [0.1, 0.15) is 18.9 Å². The molecule has 0 bridgehead atoms. The van der Waals surface area contributed by atoms with Crippen molar-refractivity contribution in [3.63, 3.8) is 0 Å². The van der Waals surface area contributed by atoms with Gasteiger partial charge in [-0.05, 0) is 19.1 Å². The van der Waals surface area contributed by atoms with E-state index < -0.39 is 39.5 Å². The fourth-order valence-electron chi connectivity index (χ4n) is 2.27. The summed E-state index contributed by atoms with van der Waals surface area (Å²) in [7, 11) is -3.24. The molecule has 126 valence electrons. The zero-order valence-electron chi connectivity index (χ0n) is 12.5. The second-order valence-corrected chi connectivity index (χ2v) is 7.62. The predicted molar refractivity (Wildman–Crippen MR) is 79.7 cm³/mol. The number of amides is 1. The van der Waals surface area contributed by atoms with Gasteiger partial charge in [-0.1, -0.05) is 11.2 Å². The summed E-state index contributed by atoms with van der Waals surface area (Å²) in [5.74, 6) is -2.39. The minimum atomic E-state index is -3.24. The third kappa shape index (κ3) is 4.47. The van der Waals surface area contributed by atoms with E-state index in [1.807, 2.05) is 0 Å². The van der Waals surface area contributed by atoms with Crippen LogP contribution in [0, 0.1) is 11.6 Å². The van der Waals surface area contributed by atoms with Crippen LogP contribution in [0.15, 0.2) is 23.4 Å². The molecule has 0 aromatic heterocycles. The van der Waals surface area contributed by atoms with E-state index in [2.05, 4.69) is 10.5 Å². The molecule has 0 radical (unpaired) electrons. The van der Waals surface area contributed by atoms with Crippen LogP contribution in [0.3, 0.4) is 0 Å². The Balaban J connectivity index is 2.00. The van der Waals surface area contributed by atoms with Gasteiger partial charge >= 0.3 is 0 Å². The van der Waals surface area contributed by atoms with Gasteiger partial charge < -0.3 is 10.2 Å². The third-order valence-corrected chi connectivity index (χ3v) is 4.26. The molecule has 1 aromatic carbocycles. The van der Waals surface area contributed by atoms with E-state index >= 15 is 0 Å². The Morgan fingerprint density at radius 2 is 2.04 bits per heavy atom. The average Bonchev–Trinajstić information content (AvgIpc) is 2.85. The molecule has 1 N–H and O–H groups in total. The molecule has 1 aliphatic rings. The summed E-state index contributed by atoms with van der Waals surface area (Å²) in [6.45, 7) is 1.53. The molecular formula is C14H16F2N2O4S. The Morgan fingerprint density at radius 3 is 2.61 bits per heavy atom. The lowest BCUT2D eigenvalue weighted by Gasteiger charge is -2.15. The summed E-state index contributed by atoms with van der Waals surface area (Å²) in [6, 6.07) is 2.78. The van der Waals surface area contributed by atoms with Gasteiger partial charge in [-0.2, -0.15) is 0 Å². The molecule has 9 heteroatoms. The van der Waals surface area contributed by atoms with Gasteiger partial charge in [0.15, 0.2) is 0 Å². The molecule has 0 saturated heterocycles. The number of hydrogen-bond acceptors (Lipinski definition) is 5. The van der Waals surface area contributed by atoms with Gasteiger partial charge in [0.2, 0.25) is 6.10 Å². The highest BCUT2D eigenvalue weighted by Gasteiger charge is 2.32. The zero-order valence-corrected chi connectivity index (χ0v) is 13.4. The van der Waals surface area contributed by atoms with Crippen LogP contribution in [0.2, 0.25) is 0 Å². The van der Waals surface area contributed by atoms with Crippen molar-refractivity contribution in [2.24, 2.45) is 5.16 Å². The lowest BCUT2D eigenvalue weighted by Crippen LogP contribution is -2.43. The number of hydrogen-bond donors (Lipinski definition) is 1. The number of oxime groups is 1. The van der Waals surface area contributed by atoms with Gasteiger partial charge in [-0.25, -0.2) is 17.2 Å². The van der Waals surface area contributed by atoms with E-state index in [0.717, 1.165) is 18.4 Å². The summed E-state index contributed by atoms with van der Waals surface area (Å²) in [5.41, 5.74) is -0.330. The van der Waals surface area contributed by atoms with Crippen molar-refractivity contribution in [3.8, 4) is 0 Å².